The Bertz CT molecular complexity index is 769. The Morgan fingerprint density at radius 2 is 2.26 bits per heavy atom. The molecule has 98 valence electrons. The summed E-state index contributed by atoms with van der Waals surface area (Å²) in [6, 6.07) is 5.91. The van der Waals surface area contributed by atoms with Crippen molar-refractivity contribution in [1.29, 1.82) is 0 Å². The van der Waals surface area contributed by atoms with Gasteiger partial charge in [0.2, 0.25) is 0 Å². The van der Waals surface area contributed by atoms with Gasteiger partial charge in [0, 0.05) is 17.0 Å². The first-order chi connectivity index (χ1) is 9.11. The second-order valence-electron chi connectivity index (χ2n) is 4.56. The van der Waals surface area contributed by atoms with Crippen LogP contribution >= 0.6 is 11.3 Å². The van der Waals surface area contributed by atoms with Crippen LogP contribution in [0.5, 0.6) is 0 Å². The largest absolute Gasteiger partial charge is 0.417 e. The summed E-state index contributed by atoms with van der Waals surface area (Å²) in [5.74, 6) is -0.437. The first-order valence-electron chi connectivity index (χ1n) is 5.97. The number of aromatic nitrogens is 2. The van der Waals surface area contributed by atoms with Crippen molar-refractivity contribution in [1.82, 2.24) is 9.97 Å². The molecule has 0 spiro atoms. The molecule has 5 nitrogen and oxygen atoms in total. The lowest BCUT2D eigenvalue weighted by atomic mass is 10.1. The monoisotopic (exact) mass is 275 g/mol. The van der Waals surface area contributed by atoms with E-state index < -0.39 is 5.76 Å². The van der Waals surface area contributed by atoms with Crippen molar-refractivity contribution < 1.29 is 4.42 Å². The van der Waals surface area contributed by atoms with Crippen molar-refractivity contribution in [3.8, 4) is 11.3 Å². The van der Waals surface area contributed by atoms with Gasteiger partial charge in [0.05, 0.1) is 11.2 Å². The molecule has 0 aliphatic carbocycles. The molecule has 1 aromatic carbocycles. The van der Waals surface area contributed by atoms with E-state index in [0.717, 1.165) is 16.4 Å². The van der Waals surface area contributed by atoms with Crippen LogP contribution in [0.2, 0.25) is 0 Å². The molecule has 19 heavy (non-hydrogen) atoms. The van der Waals surface area contributed by atoms with E-state index in [1.54, 1.807) is 11.3 Å². The summed E-state index contributed by atoms with van der Waals surface area (Å²) in [7, 11) is 0. The molecule has 2 heterocycles. The lowest BCUT2D eigenvalue weighted by Crippen LogP contribution is -2.08. The number of nitrogens with one attached hydrogen (secondary N) is 2. The van der Waals surface area contributed by atoms with Crippen molar-refractivity contribution in [3.05, 3.63) is 34.1 Å². The molecule has 0 saturated carbocycles. The summed E-state index contributed by atoms with van der Waals surface area (Å²) in [6.45, 7) is 4.14. The SMILES string of the molecule is CC(C)Nc1nc(-c2ccc3[nH]c(=O)oc3c2)cs1. The van der Waals surface area contributed by atoms with Crippen molar-refractivity contribution in [2.75, 3.05) is 5.32 Å². The van der Waals surface area contributed by atoms with Gasteiger partial charge in [0.15, 0.2) is 10.7 Å². The molecule has 0 radical (unpaired) electrons. The van der Waals surface area contributed by atoms with Gasteiger partial charge in [-0.15, -0.1) is 11.3 Å². The molecule has 0 aliphatic heterocycles. The van der Waals surface area contributed by atoms with Crippen molar-refractivity contribution in [2.45, 2.75) is 19.9 Å². The molecule has 0 saturated heterocycles. The van der Waals surface area contributed by atoms with E-state index in [0.29, 0.717) is 17.1 Å². The summed E-state index contributed by atoms with van der Waals surface area (Å²) in [5, 5.41) is 6.14. The molecule has 0 atom stereocenters. The fourth-order valence-corrected chi connectivity index (χ4v) is 2.69. The molecule has 0 bridgehead atoms. The molecule has 0 amide bonds. The number of anilines is 1. The van der Waals surface area contributed by atoms with Gasteiger partial charge >= 0.3 is 5.76 Å². The molecule has 3 rings (SSSR count). The van der Waals surface area contributed by atoms with Crippen molar-refractivity contribution in [3.63, 3.8) is 0 Å². The predicted octanol–water partition coefficient (Wildman–Crippen LogP) is 3.06. The minimum absolute atomic E-state index is 0.351. The molecule has 2 aromatic heterocycles. The average molecular weight is 275 g/mol. The minimum Gasteiger partial charge on any atom is -0.408 e. The second kappa shape index (κ2) is 4.55. The van der Waals surface area contributed by atoms with Gasteiger partial charge in [-0.25, -0.2) is 9.78 Å². The number of oxazole rings is 1. The highest BCUT2D eigenvalue weighted by atomic mass is 32.1. The van der Waals surface area contributed by atoms with E-state index >= 15 is 0 Å². The maximum Gasteiger partial charge on any atom is 0.417 e. The Morgan fingerprint density at radius 3 is 3.05 bits per heavy atom. The number of benzene rings is 1. The molecule has 0 aliphatic rings. The predicted molar refractivity (Wildman–Crippen MR) is 76.7 cm³/mol. The van der Waals surface area contributed by atoms with E-state index in [4.69, 9.17) is 4.42 Å². The molecule has 0 fully saturated rings. The number of aromatic amines is 1. The van der Waals surface area contributed by atoms with Gasteiger partial charge in [-0.1, -0.05) is 6.07 Å². The van der Waals surface area contributed by atoms with Gasteiger partial charge < -0.3 is 9.73 Å². The van der Waals surface area contributed by atoms with Gasteiger partial charge in [-0.3, -0.25) is 4.98 Å². The molecule has 3 aromatic rings. The van der Waals surface area contributed by atoms with Crippen LogP contribution in [0.25, 0.3) is 22.4 Å². The number of fused-ring (bicyclic) bond motifs is 1. The number of thiazole rings is 1. The van der Waals surface area contributed by atoms with Crippen LogP contribution in [-0.2, 0) is 0 Å². The van der Waals surface area contributed by atoms with Crippen LogP contribution in [0.1, 0.15) is 13.8 Å². The van der Waals surface area contributed by atoms with Gasteiger partial charge in [-0.05, 0) is 26.0 Å². The topological polar surface area (TPSA) is 70.9 Å². The fourth-order valence-electron chi connectivity index (χ4n) is 1.82. The van der Waals surface area contributed by atoms with Crippen LogP contribution < -0.4 is 11.1 Å². The summed E-state index contributed by atoms with van der Waals surface area (Å²) in [4.78, 5) is 18.2. The number of hydrogen-bond acceptors (Lipinski definition) is 5. The Balaban J connectivity index is 1.98. The van der Waals surface area contributed by atoms with Crippen LogP contribution in [-0.4, -0.2) is 16.0 Å². The average Bonchev–Trinajstić information content (AvgIpc) is 2.92. The lowest BCUT2D eigenvalue weighted by Gasteiger charge is -2.04. The standard InChI is InChI=1S/C13H13N3O2S/c1-7(2)14-12-15-10(6-19-12)8-3-4-9-11(5-8)18-13(17)16-9/h3-7H,1-2H3,(H,14,15)(H,16,17). The van der Waals surface area contributed by atoms with Gasteiger partial charge in [0.25, 0.3) is 0 Å². The summed E-state index contributed by atoms with van der Waals surface area (Å²) in [6.07, 6.45) is 0. The zero-order chi connectivity index (χ0) is 13.4. The van der Waals surface area contributed by atoms with E-state index in [1.807, 2.05) is 23.6 Å². The maximum absolute atomic E-state index is 11.1. The Hall–Kier alpha value is -2.08. The van der Waals surface area contributed by atoms with Gasteiger partial charge in [0.1, 0.15) is 0 Å². The summed E-state index contributed by atoms with van der Waals surface area (Å²) < 4.78 is 5.05. The first kappa shape index (κ1) is 12.0. The highest BCUT2D eigenvalue weighted by Gasteiger charge is 2.08. The lowest BCUT2D eigenvalue weighted by molar-refractivity contribution is 0.555. The first-order valence-corrected chi connectivity index (χ1v) is 6.85. The van der Waals surface area contributed by atoms with Crippen LogP contribution in [0, 0.1) is 0 Å². The normalized spacial score (nSPS) is 11.3. The molecular formula is C13H13N3O2S. The molecule has 2 N–H and O–H groups in total. The Labute approximate surface area is 113 Å². The van der Waals surface area contributed by atoms with Crippen LogP contribution in [0.15, 0.2) is 32.8 Å². The fraction of sp³-hybridized carbons (Fsp3) is 0.231. The highest BCUT2D eigenvalue weighted by Crippen LogP contribution is 2.27. The van der Waals surface area contributed by atoms with E-state index in [-0.39, 0.29) is 0 Å². The minimum atomic E-state index is -0.437. The zero-order valence-electron chi connectivity index (χ0n) is 10.6. The Morgan fingerprint density at radius 1 is 1.42 bits per heavy atom. The third-order valence-electron chi connectivity index (χ3n) is 2.63. The smallest absolute Gasteiger partial charge is 0.408 e. The molecular weight excluding hydrogens is 262 g/mol. The zero-order valence-corrected chi connectivity index (χ0v) is 11.4. The Kier molecular flexibility index (Phi) is 2.87. The molecule has 0 unspecified atom stereocenters. The van der Waals surface area contributed by atoms with Gasteiger partial charge in [-0.2, -0.15) is 0 Å². The third kappa shape index (κ3) is 2.39. The van der Waals surface area contributed by atoms with Crippen LogP contribution in [0.3, 0.4) is 0 Å². The van der Waals surface area contributed by atoms with Crippen molar-refractivity contribution >= 4 is 27.6 Å². The molecule has 6 heteroatoms. The quantitative estimate of drug-likeness (QED) is 0.770. The van der Waals surface area contributed by atoms with E-state index in [2.05, 4.69) is 29.1 Å². The van der Waals surface area contributed by atoms with Crippen LogP contribution in [0.4, 0.5) is 5.13 Å². The van der Waals surface area contributed by atoms with E-state index in [1.165, 1.54) is 0 Å². The van der Waals surface area contributed by atoms with Crippen molar-refractivity contribution in [2.24, 2.45) is 0 Å². The third-order valence-corrected chi connectivity index (χ3v) is 3.41. The van der Waals surface area contributed by atoms with E-state index in [9.17, 15) is 4.79 Å². The maximum atomic E-state index is 11.1. The highest BCUT2D eigenvalue weighted by molar-refractivity contribution is 7.14. The second-order valence-corrected chi connectivity index (χ2v) is 5.42. The number of H-pyrrole nitrogens is 1. The number of nitrogens with zero attached hydrogens (tertiary/aromatic N) is 1. The number of rotatable bonds is 3. The summed E-state index contributed by atoms with van der Waals surface area (Å²) >= 11 is 1.56. The number of hydrogen-bond donors (Lipinski definition) is 2. The summed E-state index contributed by atoms with van der Waals surface area (Å²) in [5.41, 5.74) is 3.06.